The number of methoxy groups -OCH3 is 1. The summed E-state index contributed by atoms with van der Waals surface area (Å²) >= 11 is 9.78. The van der Waals surface area contributed by atoms with Crippen LogP contribution < -0.4 is 10.1 Å². The van der Waals surface area contributed by atoms with Crippen molar-refractivity contribution in [3.05, 3.63) is 27.2 Å². The molecule has 0 aliphatic carbocycles. The summed E-state index contributed by atoms with van der Waals surface area (Å²) in [6.45, 7) is 6.52. The van der Waals surface area contributed by atoms with Gasteiger partial charge in [0, 0.05) is 22.5 Å². The maximum atomic E-state index is 6.24. The van der Waals surface area contributed by atoms with E-state index >= 15 is 0 Å². The van der Waals surface area contributed by atoms with Gasteiger partial charge in [-0.3, -0.25) is 0 Å². The van der Waals surface area contributed by atoms with Crippen LogP contribution in [0.4, 0.5) is 0 Å². The highest BCUT2D eigenvalue weighted by atomic mass is 79.9. The summed E-state index contributed by atoms with van der Waals surface area (Å²) in [6.07, 6.45) is 0.449. The molecule has 21 heavy (non-hydrogen) atoms. The molecule has 1 fully saturated rings. The molecular weight excluding hydrogens is 354 g/mol. The molecule has 1 saturated heterocycles. The van der Waals surface area contributed by atoms with Gasteiger partial charge in [-0.15, -0.1) is 0 Å². The molecule has 1 heterocycles. The quantitative estimate of drug-likeness (QED) is 0.843. The van der Waals surface area contributed by atoms with Crippen LogP contribution in [0.25, 0.3) is 0 Å². The number of halogens is 2. The minimum atomic E-state index is 0.130. The molecule has 2 rings (SSSR count). The van der Waals surface area contributed by atoms with Gasteiger partial charge in [-0.2, -0.15) is 0 Å². The predicted molar refractivity (Wildman–Crippen MR) is 90.2 cm³/mol. The molecule has 1 aromatic rings. The molecule has 5 atom stereocenters. The molecule has 5 heteroatoms. The number of hydrogen-bond donors (Lipinski definition) is 1. The van der Waals surface area contributed by atoms with Crippen molar-refractivity contribution in [3.8, 4) is 5.75 Å². The highest BCUT2D eigenvalue weighted by molar-refractivity contribution is 9.10. The Morgan fingerprint density at radius 1 is 1.29 bits per heavy atom. The summed E-state index contributed by atoms with van der Waals surface area (Å²) in [5.74, 6) is 1.65. The zero-order valence-corrected chi connectivity index (χ0v) is 15.5. The molecule has 0 saturated carbocycles. The Labute approximate surface area is 140 Å². The summed E-state index contributed by atoms with van der Waals surface area (Å²) in [5, 5.41) is 4.13. The molecule has 1 aliphatic heterocycles. The minimum absolute atomic E-state index is 0.130. The monoisotopic (exact) mass is 375 g/mol. The van der Waals surface area contributed by atoms with Gasteiger partial charge in [-0.05, 0) is 54.9 Å². The lowest BCUT2D eigenvalue weighted by Gasteiger charge is -2.30. The first-order chi connectivity index (χ1) is 9.90. The van der Waals surface area contributed by atoms with Crippen LogP contribution in [-0.4, -0.2) is 26.4 Å². The number of benzene rings is 1. The fourth-order valence-corrected chi connectivity index (χ4v) is 4.45. The van der Waals surface area contributed by atoms with E-state index in [9.17, 15) is 0 Å². The average molecular weight is 377 g/mol. The molecular formula is C16H23BrClNO2. The second kappa shape index (κ2) is 6.86. The van der Waals surface area contributed by atoms with Crippen molar-refractivity contribution in [1.82, 2.24) is 5.32 Å². The maximum Gasteiger partial charge on any atom is 0.137 e. The lowest BCUT2D eigenvalue weighted by molar-refractivity contribution is 0.0477. The zero-order valence-electron chi connectivity index (χ0n) is 13.1. The first kappa shape index (κ1) is 17.1. The van der Waals surface area contributed by atoms with Crippen LogP contribution >= 0.6 is 27.5 Å². The van der Waals surface area contributed by atoms with Gasteiger partial charge >= 0.3 is 0 Å². The molecule has 1 aromatic carbocycles. The van der Waals surface area contributed by atoms with Gasteiger partial charge in [0.15, 0.2) is 0 Å². The van der Waals surface area contributed by atoms with E-state index in [4.69, 9.17) is 21.1 Å². The highest BCUT2D eigenvalue weighted by Crippen LogP contribution is 2.45. The number of hydrogen-bond acceptors (Lipinski definition) is 3. The molecule has 0 amide bonds. The number of rotatable bonds is 4. The molecule has 0 aromatic heterocycles. The summed E-state index contributed by atoms with van der Waals surface area (Å²) in [7, 11) is 3.66. The maximum absolute atomic E-state index is 6.24. The molecule has 3 nitrogen and oxygen atoms in total. The van der Waals surface area contributed by atoms with E-state index in [-0.39, 0.29) is 18.2 Å². The summed E-state index contributed by atoms with van der Waals surface area (Å²) in [6, 6.07) is 3.97. The third-order valence-corrected chi connectivity index (χ3v) is 5.40. The van der Waals surface area contributed by atoms with Crippen molar-refractivity contribution < 1.29 is 9.47 Å². The van der Waals surface area contributed by atoms with Crippen molar-refractivity contribution in [1.29, 1.82) is 0 Å². The Morgan fingerprint density at radius 2 is 1.95 bits per heavy atom. The van der Waals surface area contributed by atoms with E-state index in [1.54, 1.807) is 7.11 Å². The molecule has 0 spiro atoms. The van der Waals surface area contributed by atoms with Crippen molar-refractivity contribution in [2.45, 2.75) is 39.0 Å². The summed E-state index contributed by atoms with van der Waals surface area (Å²) in [5.41, 5.74) is 1.07. The first-order valence-electron chi connectivity index (χ1n) is 7.26. The van der Waals surface area contributed by atoms with Crippen molar-refractivity contribution in [2.75, 3.05) is 14.2 Å². The molecule has 0 bridgehead atoms. The van der Waals surface area contributed by atoms with E-state index in [1.807, 2.05) is 19.2 Å². The molecule has 0 radical (unpaired) electrons. The third-order valence-electron chi connectivity index (χ3n) is 4.59. The van der Waals surface area contributed by atoms with Gasteiger partial charge in [0.2, 0.25) is 0 Å². The van der Waals surface area contributed by atoms with E-state index < -0.39 is 0 Å². The van der Waals surface area contributed by atoms with Crippen LogP contribution in [0, 0.1) is 11.8 Å². The van der Waals surface area contributed by atoms with Crippen LogP contribution in [0.2, 0.25) is 5.02 Å². The summed E-state index contributed by atoms with van der Waals surface area (Å²) in [4.78, 5) is 0. The van der Waals surface area contributed by atoms with E-state index in [0.29, 0.717) is 16.9 Å². The Kier molecular flexibility index (Phi) is 5.58. The van der Waals surface area contributed by atoms with Crippen LogP contribution in [0.1, 0.15) is 32.4 Å². The van der Waals surface area contributed by atoms with Crippen LogP contribution in [-0.2, 0) is 4.74 Å². The van der Waals surface area contributed by atoms with Gasteiger partial charge in [0.05, 0.1) is 23.8 Å². The Hall–Kier alpha value is -0.290. The van der Waals surface area contributed by atoms with Crippen molar-refractivity contribution in [3.63, 3.8) is 0 Å². The van der Waals surface area contributed by atoms with Gasteiger partial charge in [0.1, 0.15) is 5.75 Å². The standard InChI is InChI=1S/C16H23BrClNO2/c1-8-9(2)21-10(3)14(8)15(19-4)12-6-11(18)7-13(17)16(12)20-5/h6-10,14-15,19H,1-5H3. The Bertz CT molecular complexity index is 511. The Balaban J connectivity index is 2.47. The third kappa shape index (κ3) is 3.24. The van der Waals surface area contributed by atoms with E-state index in [2.05, 4.69) is 42.0 Å². The van der Waals surface area contributed by atoms with Gasteiger partial charge < -0.3 is 14.8 Å². The number of ether oxygens (including phenoxy) is 2. The summed E-state index contributed by atoms with van der Waals surface area (Å²) < 4.78 is 12.5. The van der Waals surface area contributed by atoms with Crippen molar-refractivity contribution >= 4 is 27.5 Å². The van der Waals surface area contributed by atoms with Gasteiger partial charge in [-0.25, -0.2) is 0 Å². The second-order valence-corrected chi connectivity index (χ2v) is 7.05. The SMILES string of the molecule is CNC(c1cc(Cl)cc(Br)c1OC)C1C(C)OC(C)C1C. The fourth-order valence-electron chi connectivity index (χ4n) is 3.45. The predicted octanol–water partition coefficient (Wildman–Crippen LogP) is 4.43. The van der Waals surface area contributed by atoms with E-state index in [1.165, 1.54) is 0 Å². The lowest BCUT2D eigenvalue weighted by Crippen LogP contribution is -2.33. The van der Waals surface area contributed by atoms with Crippen molar-refractivity contribution in [2.24, 2.45) is 11.8 Å². The van der Waals surface area contributed by atoms with Gasteiger partial charge in [-0.1, -0.05) is 18.5 Å². The first-order valence-corrected chi connectivity index (χ1v) is 8.43. The normalized spacial score (nSPS) is 30.4. The molecule has 1 aliphatic rings. The van der Waals surface area contributed by atoms with Gasteiger partial charge in [0.25, 0.3) is 0 Å². The molecule has 5 unspecified atom stereocenters. The minimum Gasteiger partial charge on any atom is -0.495 e. The molecule has 1 N–H and O–H groups in total. The van der Waals surface area contributed by atoms with Crippen LogP contribution in [0.5, 0.6) is 5.75 Å². The van der Waals surface area contributed by atoms with Crippen LogP contribution in [0.3, 0.4) is 0 Å². The Morgan fingerprint density at radius 3 is 2.43 bits per heavy atom. The fraction of sp³-hybridized carbons (Fsp3) is 0.625. The topological polar surface area (TPSA) is 30.5 Å². The average Bonchev–Trinajstić information content (AvgIpc) is 2.66. The lowest BCUT2D eigenvalue weighted by atomic mass is 9.80. The number of nitrogens with one attached hydrogen (secondary N) is 1. The molecule has 118 valence electrons. The van der Waals surface area contributed by atoms with E-state index in [0.717, 1.165) is 15.8 Å². The largest absolute Gasteiger partial charge is 0.495 e. The highest BCUT2D eigenvalue weighted by Gasteiger charge is 2.42. The zero-order chi connectivity index (χ0) is 15.7. The second-order valence-electron chi connectivity index (χ2n) is 5.76. The van der Waals surface area contributed by atoms with Crippen LogP contribution in [0.15, 0.2) is 16.6 Å². The smallest absolute Gasteiger partial charge is 0.137 e.